The maximum Gasteiger partial charge on any atom is 0.0117 e. The van der Waals surface area contributed by atoms with Gasteiger partial charge >= 0.3 is 0 Å². The first-order valence-electron chi connectivity index (χ1n) is 2.49. The van der Waals surface area contributed by atoms with E-state index < -0.39 is 0 Å². The molecular weight excluding hydrogens is 172 g/mol. The van der Waals surface area contributed by atoms with Gasteiger partial charge in [-0.15, -0.1) is 0 Å². The summed E-state index contributed by atoms with van der Waals surface area (Å²) in [5.41, 5.74) is 0. The zero-order chi connectivity index (χ0) is 5.70. The van der Waals surface area contributed by atoms with Crippen molar-refractivity contribution in [3.63, 3.8) is 0 Å². The molecule has 0 aliphatic heterocycles. The van der Waals surface area contributed by atoms with Crippen molar-refractivity contribution in [1.82, 2.24) is 0 Å². The fraction of sp³-hybridized carbons (Fsp3) is 1.00. The summed E-state index contributed by atoms with van der Waals surface area (Å²) >= 11 is 8.18. The van der Waals surface area contributed by atoms with Crippen molar-refractivity contribution in [2.24, 2.45) is 0 Å². The SMILES string of the molecule is CC(Br)CCC[S]. The van der Waals surface area contributed by atoms with Crippen LogP contribution in [0.25, 0.3) is 0 Å². The maximum atomic E-state index is 4.75. The van der Waals surface area contributed by atoms with Crippen molar-refractivity contribution in [2.45, 2.75) is 24.6 Å². The van der Waals surface area contributed by atoms with Crippen LogP contribution in [0.1, 0.15) is 19.8 Å². The smallest absolute Gasteiger partial charge is 0.0117 e. The average molecular weight is 182 g/mol. The summed E-state index contributed by atoms with van der Waals surface area (Å²) in [6.45, 7) is 2.14. The van der Waals surface area contributed by atoms with E-state index in [1.165, 1.54) is 12.8 Å². The Morgan fingerprint density at radius 1 is 1.71 bits per heavy atom. The van der Waals surface area contributed by atoms with Crippen LogP contribution in [0.4, 0.5) is 0 Å². The van der Waals surface area contributed by atoms with E-state index in [0.29, 0.717) is 4.83 Å². The Hall–Kier alpha value is 0.830. The Morgan fingerprint density at radius 2 is 2.29 bits per heavy atom. The molecule has 0 saturated heterocycles. The quantitative estimate of drug-likeness (QED) is 0.588. The molecule has 7 heavy (non-hydrogen) atoms. The van der Waals surface area contributed by atoms with Crippen molar-refractivity contribution in [1.29, 1.82) is 0 Å². The third-order valence-corrected chi connectivity index (χ3v) is 1.49. The van der Waals surface area contributed by atoms with E-state index >= 15 is 0 Å². The second-order valence-corrected chi connectivity index (χ2v) is 3.60. The molecule has 1 unspecified atom stereocenters. The molecule has 0 rings (SSSR count). The minimum Gasteiger partial charge on any atom is -0.0942 e. The molecule has 0 aliphatic rings. The van der Waals surface area contributed by atoms with Crippen LogP contribution in [0.3, 0.4) is 0 Å². The summed E-state index contributed by atoms with van der Waals surface area (Å²) in [7, 11) is 0. The highest BCUT2D eigenvalue weighted by molar-refractivity contribution is 9.09. The van der Waals surface area contributed by atoms with Crippen molar-refractivity contribution in [2.75, 3.05) is 5.75 Å². The molecule has 0 saturated carbocycles. The van der Waals surface area contributed by atoms with Gasteiger partial charge in [0.1, 0.15) is 0 Å². The Kier molecular flexibility index (Phi) is 5.57. The molecular formula is C5H10BrS. The number of alkyl halides is 1. The van der Waals surface area contributed by atoms with Gasteiger partial charge in [0.25, 0.3) is 0 Å². The van der Waals surface area contributed by atoms with Gasteiger partial charge in [0.05, 0.1) is 0 Å². The van der Waals surface area contributed by atoms with Crippen molar-refractivity contribution < 1.29 is 0 Å². The van der Waals surface area contributed by atoms with Crippen LogP contribution in [-0.2, 0) is 0 Å². The van der Waals surface area contributed by atoms with Gasteiger partial charge in [-0.1, -0.05) is 35.5 Å². The van der Waals surface area contributed by atoms with E-state index in [1.54, 1.807) is 0 Å². The summed E-state index contributed by atoms with van der Waals surface area (Å²) in [5.74, 6) is 0.899. The van der Waals surface area contributed by atoms with Gasteiger partial charge < -0.3 is 0 Å². The summed E-state index contributed by atoms with van der Waals surface area (Å²) < 4.78 is 0. The molecule has 0 bridgehead atoms. The molecule has 0 aromatic carbocycles. The molecule has 0 fully saturated rings. The van der Waals surface area contributed by atoms with Gasteiger partial charge in [-0.05, 0) is 12.8 Å². The molecule has 43 valence electrons. The second kappa shape index (κ2) is 4.98. The van der Waals surface area contributed by atoms with Gasteiger partial charge in [-0.25, -0.2) is 0 Å². The maximum absolute atomic E-state index is 4.75. The van der Waals surface area contributed by atoms with Crippen LogP contribution in [-0.4, -0.2) is 10.6 Å². The van der Waals surface area contributed by atoms with E-state index in [4.69, 9.17) is 12.6 Å². The lowest BCUT2D eigenvalue weighted by Gasteiger charge is -1.96. The Morgan fingerprint density at radius 3 is 2.43 bits per heavy atom. The minimum atomic E-state index is 0.649. The number of halogens is 1. The highest BCUT2D eigenvalue weighted by atomic mass is 79.9. The van der Waals surface area contributed by atoms with Crippen LogP contribution >= 0.6 is 28.6 Å². The minimum absolute atomic E-state index is 0.649. The third kappa shape index (κ3) is 6.83. The zero-order valence-corrected chi connectivity index (χ0v) is 6.89. The predicted octanol–water partition coefficient (Wildman–Crippen LogP) is 2.75. The lowest BCUT2D eigenvalue weighted by molar-refractivity contribution is 0.806. The van der Waals surface area contributed by atoms with E-state index in [1.807, 2.05) is 0 Å². The Bertz CT molecular complexity index is 37.1. The molecule has 1 radical (unpaired) electrons. The van der Waals surface area contributed by atoms with Crippen LogP contribution in [0.2, 0.25) is 0 Å². The Labute approximate surface area is 59.2 Å². The van der Waals surface area contributed by atoms with Crippen LogP contribution in [0.15, 0.2) is 0 Å². The molecule has 0 heterocycles. The molecule has 0 amide bonds. The highest BCUT2D eigenvalue weighted by Crippen LogP contribution is 2.05. The fourth-order valence-corrected chi connectivity index (χ4v) is 0.855. The molecule has 1 atom stereocenters. The fourth-order valence-electron chi connectivity index (χ4n) is 0.365. The van der Waals surface area contributed by atoms with Gasteiger partial charge in [-0.2, -0.15) is 0 Å². The van der Waals surface area contributed by atoms with Crippen LogP contribution in [0.5, 0.6) is 0 Å². The number of hydrogen-bond acceptors (Lipinski definition) is 0. The second-order valence-electron chi connectivity index (χ2n) is 1.63. The summed E-state index contributed by atoms with van der Waals surface area (Å²) in [6, 6.07) is 0. The largest absolute Gasteiger partial charge is 0.0942 e. The molecule has 0 spiro atoms. The monoisotopic (exact) mass is 181 g/mol. The first-order chi connectivity index (χ1) is 3.27. The normalized spacial score (nSPS) is 14.1. The van der Waals surface area contributed by atoms with Crippen LogP contribution in [0, 0.1) is 0 Å². The Balaban J connectivity index is 2.68. The van der Waals surface area contributed by atoms with E-state index in [0.717, 1.165) is 5.75 Å². The van der Waals surface area contributed by atoms with E-state index in [9.17, 15) is 0 Å². The van der Waals surface area contributed by atoms with Crippen molar-refractivity contribution in [3.05, 3.63) is 0 Å². The van der Waals surface area contributed by atoms with Crippen molar-refractivity contribution >= 4 is 28.6 Å². The highest BCUT2D eigenvalue weighted by Gasteiger charge is 1.91. The molecule has 2 heteroatoms. The van der Waals surface area contributed by atoms with Gasteiger partial charge in [0.2, 0.25) is 0 Å². The average Bonchev–Trinajstić information content (AvgIpc) is 1.61. The first kappa shape index (κ1) is 7.83. The predicted molar refractivity (Wildman–Crippen MR) is 40.1 cm³/mol. The lowest BCUT2D eigenvalue weighted by Crippen LogP contribution is -1.88. The topological polar surface area (TPSA) is 0 Å². The summed E-state index contributed by atoms with van der Waals surface area (Å²) in [6.07, 6.45) is 2.38. The van der Waals surface area contributed by atoms with Gasteiger partial charge in [-0.3, -0.25) is 0 Å². The molecule has 0 N–H and O–H groups in total. The molecule has 0 nitrogen and oxygen atoms in total. The van der Waals surface area contributed by atoms with E-state index in [2.05, 4.69) is 22.9 Å². The summed E-state index contributed by atoms with van der Waals surface area (Å²) in [5, 5.41) is 0. The first-order valence-corrected chi connectivity index (χ1v) is 3.99. The van der Waals surface area contributed by atoms with Gasteiger partial charge in [0.15, 0.2) is 0 Å². The van der Waals surface area contributed by atoms with E-state index in [-0.39, 0.29) is 0 Å². The van der Waals surface area contributed by atoms with Gasteiger partial charge in [0, 0.05) is 10.6 Å². The van der Waals surface area contributed by atoms with Crippen LogP contribution < -0.4 is 0 Å². The standard InChI is InChI=1S/C5H10BrS/c1-5(6)3-2-4-7/h5H,2-4H2,1H3. The third-order valence-electron chi connectivity index (χ3n) is 0.746. The number of hydrogen-bond donors (Lipinski definition) is 0. The zero-order valence-electron chi connectivity index (χ0n) is 4.48. The molecule has 0 aromatic heterocycles. The lowest BCUT2D eigenvalue weighted by atomic mass is 10.3. The van der Waals surface area contributed by atoms with Crippen molar-refractivity contribution in [3.8, 4) is 0 Å². The molecule has 0 aliphatic carbocycles. The summed E-state index contributed by atoms with van der Waals surface area (Å²) in [4.78, 5) is 0.649. The molecule has 0 aromatic rings. The number of rotatable bonds is 3.